The Labute approximate surface area is 184 Å². The van der Waals surface area contributed by atoms with Gasteiger partial charge in [-0.15, -0.1) is 11.3 Å². The summed E-state index contributed by atoms with van der Waals surface area (Å²) in [5.41, 5.74) is 2.48. The van der Waals surface area contributed by atoms with Crippen molar-refractivity contribution in [2.24, 2.45) is 0 Å². The Hall–Kier alpha value is -3.13. The molecule has 1 aromatic heterocycles. The largest absolute Gasteiger partial charge is 0.493 e. The Morgan fingerprint density at radius 2 is 1.94 bits per heavy atom. The Morgan fingerprint density at radius 1 is 1.16 bits per heavy atom. The summed E-state index contributed by atoms with van der Waals surface area (Å²) in [6.45, 7) is 1.74. The van der Waals surface area contributed by atoms with E-state index in [4.69, 9.17) is 9.47 Å². The normalized spacial score (nSPS) is 13.3. The molecule has 0 bridgehead atoms. The van der Waals surface area contributed by atoms with Gasteiger partial charge in [-0.05, 0) is 43.2 Å². The third kappa shape index (κ3) is 4.64. The third-order valence-corrected chi connectivity index (χ3v) is 6.17. The number of ether oxygens (including phenoxy) is 2. The number of hydrogen-bond acceptors (Lipinski definition) is 6. The number of nitrogens with zero attached hydrogens (tertiary/aromatic N) is 2. The van der Waals surface area contributed by atoms with E-state index in [0.29, 0.717) is 17.2 Å². The fraction of sp³-hybridized carbons (Fsp3) is 0.304. The second-order valence-electron chi connectivity index (χ2n) is 7.27. The van der Waals surface area contributed by atoms with Gasteiger partial charge in [-0.3, -0.25) is 4.79 Å². The minimum Gasteiger partial charge on any atom is -0.493 e. The van der Waals surface area contributed by atoms with Crippen LogP contribution in [-0.2, 0) is 11.2 Å². The molecule has 2 heterocycles. The van der Waals surface area contributed by atoms with Gasteiger partial charge in [0.1, 0.15) is 16.5 Å². The van der Waals surface area contributed by atoms with Crippen LogP contribution in [0.3, 0.4) is 0 Å². The van der Waals surface area contributed by atoms with E-state index in [2.05, 4.69) is 15.2 Å². The van der Waals surface area contributed by atoms with Crippen molar-refractivity contribution in [1.82, 2.24) is 4.98 Å². The molecule has 0 saturated carbocycles. The number of carbonyl (C=O) groups excluding carboxylic acids is 1. The molecular weight excluding hydrogens is 417 g/mol. The van der Waals surface area contributed by atoms with Crippen LogP contribution in [0.5, 0.6) is 11.5 Å². The van der Waals surface area contributed by atoms with Crippen LogP contribution in [0.1, 0.15) is 18.5 Å². The number of nitrogens with one attached hydrogen (secondary N) is 1. The zero-order valence-corrected chi connectivity index (χ0v) is 18.3. The average Bonchev–Trinajstić information content (AvgIpc) is 3.47. The van der Waals surface area contributed by atoms with Gasteiger partial charge < -0.3 is 19.7 Å². The average molecular weight is 442 g/mol. The SMILES string of the molecule is COc1ccc(-c2nc(CC(=O)Nc3c(F)cccc3N3CCCC3)cs2)cc1OC. The number of benzene rings is 2. The monoisotopic (exact) mass is 441 g/mol. The van der Waals surface area contributed by atoms with Gasteiger partial charge in [-0.25, -0.2) is 9.37 Å². The van der Waals surface area contributed by atoms with Gasteiger partial charge in [0.2, 0.25) is 5.91 Å². The van der Waals surface area contributed by atoms with Crippen LogP contribution >= 0.6 is 11.3 Å². The molecule has 4 rings (SSSR count). The molecule has 0 radical (unpaired) electrons. The minimum absolute atomic E-state index is 0.0670. The molecule has 0 atom stereocenters. The zero-order chi connectivity index (χ0) is 21.8. The molecule has 1 aliphatic rings. The van der Waals surface area contributed by atoms with E-state index < -0.39 is 5.82 Å². The maximum Gasteiger partial charge on any atom is 0.230 e. The van der Waals surface area contributed by atoms with E-state index in [1.54, 1.807) is 20.3 Å². The summed E-state index contributed by atoms with van der Waals surface area (Å²) < 4.78 is 25.1. The molecule has 0 unspecified atom stereocenters. The first kappa shape index (κ1) is 21.1. The molecule has 2 aromatic carbocycles. The Kier molecular flexibility index (Phi) is 6.36. The van der Waals surface area contributed by atoms with Crippen molar-refractivity contribution >= 4 is 28.6 Å². The van der Waals surface area contributed by atoms with E-state index >= 15 is 0 Å². The number of rotatable bonds is 7. The zero-order valence-electron chi connectivity index (χ0n) is 17.5. The van der Waals surface area contributed by atoms with Crippen molar-refractivity contribution in [2.75, 3.05) is 37.5 Å². The summed E-state index contributed by atoms with van der Waals surface area (Å²) in [4.78, 5) is 19.3. The van der Waals surface area contributed by atoms with E-state index in [9.17, 15) is 9.18 Å². The second kappa shape index (κ2) is 9.34. The Morgan fingerprint density at radius 3 is 2.68 bits per heavy atom. The smallest absolute Gasteiger partial charge is 0.230 e. The lowest BCUT2D eigenvalue weighted by molar-refractivity contribution is -0.115. The number of aromatic nitrogens is 1. The number of para-hydroxylation sites is 1. The van der Waals surface area contributed by atoms with Crippen LogP contribution < -0.4 is 19.7 Å². The maximum atomic E-state index is 14.5. The number of halogens is 1. The van der Waals surface area contributed by atoms with Crippen molar-refractivity contribution in [3.63, 3.8) is 0 Å². The molecule has 31 heavy (non-hydrogen) atoms. The number of amides is 1. The fourth-order valence-corrected chi connectivity index (χ4v) is 4.51. The number of hydrogen-bond donors (Lipinski definition) is 1. The van der Waals surface area contributed by atoms with Gasteiger partial charge in [-0.1, -0.05) is 6.07 Å². The summed E-state index contributed by atoms with van der Waals surface area (Å²) in [6, 6.07) is 10.5. The van der Waals surface area contributed by atoms with Gasteiger partial charge in [0.05, 0.1) is 32.0 Å². The van der Waals surface area contributed by atoms with Gasteiger partial charge in [-0.2, -0.15) is 0 Å². The lowest BCUT2D eigenvalue weighted by Gasteiger charge is -2.21. The number of carbonyl (C=O) groups is 1. The maximum absolute atomic E-state index is 14.5. The van der Waals surface area contributed by atoms with E-state index in [1.165, 1.54) is 17.4 Å². The first-order valence-electron chi connectivity index (χ1n) is 10.1. The predicted molar refractivity (Wildman–Crippen MR) is 121 cm³/mol. The highest BCUT2D eigenvalue weighted by atomic mass is 32.1. The summed E-state index contributed by atoms with van der Waals surface area (Å²) in [5.74, 6) is 0.529. The van der Waals surface area contributed by atoms with Crippen molar-refractivity contribution in [2.45, 2.75) is 19.3 Å². The van der Waals surface area contributed by atoms with Crippen LogP contribution in [0.4, 0.5) is 15.8 Å². The number of methoxy groups -OCH3 is 2. The molecular formula is C23H24FN3O3S. The molecule has 3 aromatic rings. The molecule has 6 nitrogen and oxygen atoms in total. The van der Waals surface area contributed by atoms with E-state index in [-0.39, 0.29) is 18.0 Å². The molecule has 1 aliphatic heterocycles. The highest BCUT2D eigenvalue weighted by molar-refractivity contribution is 7.13. The summed E-state index contributed by atoms with van der Waals surface area (Å²) >= 11 is 1.44. The summed E-state index contributed by atoms with van der Waals surface area (Å²) in [7, 11) is 3.17. The fourth-order valence-electron chi connectivity index (χ4n) is 3.70. The highest BCUT2D eigenvalue weighted by Crippen LogP contribution is 2.34. The molecule has 0 spiro atoms. The second-order valence-corrected chi connectivity index (χ2v) is 8.12. The highest BCUT2D eigenvalue weighted by Gasteiger charge is 2.20. The molecule has 1 N–H and O–H groups in total. The third-order valence-electron chi connectivity index (χ3n) is 5.23. The van der Waals surface area contributed by atoms with Gasteiger partial charge in [0, 0.05) is 24.0 Å². The molecule has 1 amide bonds. The van der Waals surface area contributed by atoms with Crippen LogP contribution in [0.2, 0.25) is 0 Å². The lowest BCUT2D eigenvalue weighted by Crippen LogP contribution is -2.22. The minimum atomic E-state index is -0.429. The van der Waals surface area contributed by atoms with Gasteiger partial charge in [0.15, 0.2) is 11.5 Å². The summed E-state index contributed by atoms with van der Waals surface area (Å²) in [6.07, 6.45) is 2.21. The number of thiazole rings is 1. The topological polar surface area (TPSA) is 63.7 Å². The van der Waals surface area contributed by atoms with Crippen LogP contribution in [-0.4, -0.2) is 38.2 Å². The van der Waals surface area contributed by atoms with Crippen molar-refractivity contribution < 1.29 is 18.7 Å². The van der Waals surface area contributed by atoms with Crippen LogP contribution in [0, 0.1) is 5.82 Å². The molecule has 0 aliphatic carbocycles. The van der Waals surface area contributed by atoms with E-state index in [1.807, 2.05) is 29.6 Å². The van der Waals surface area contributed by atoms with Gasteiger partial charge in [0.25, 0.3) is 0 Å². The molecule has 1 saturated heterocycles. The molecule has 1 fully saturated rings. The number of anilines is 2. The van der Waals surface area contributed by atoms with Crippen molar-refractivity contribution in [3.05, 3.63) is 53.3 Å². The predicted octanol–water partition coefficient (Wildman–Crippen LogP) is 4.75. The first-order valence-corrected chi connectivity index (χ1v) is 11.0. The first-order chi connectivity index (χ1) is 15.1. The lowest BCUT2D eigenvalue weighted by atomic mass is 10.2. The van der Waals surface area contributed by atoms with Crippen LogP contribution in [0.25, 0.3) is 10.6 Å². The standard InChI is InChI=1S/C23H24FN3O3S/c1-29-19-9-8-15(12-20(19)30-2)23-25-16(14-31-23)13-21(28)26-22-17(24)6-5-7-18(22)27-10-3-4-11-27/h5-9,12,14H,3-4,10-11,13H2,1-2H3,(H,26,28). The van der Waals surface area contributed by atoms with Crippen LogP contribution in [0.15, 0.2) is 41.8 Å². The van der Waals surface area contributed by atoms with Gasteiger partial charge >= 0.3 is 0 Å². The Bertz CT molecular complexity index is 1080. The Balaban J connectivity index is 1.48. The quantitative estimate of drug-likeness (QED) is 0.573. The van der Waals surface area contributed by atoms with Crippen molar-refractivity contribution in [1.29, 1.82) is 0 Å². The molecule has 162 valence electrons. The van der Waals surface area contributed by atoms with Crippen molar-refractivity contribution in [3.8, 4) is 22.1 Å². The molecule has 8 heteroatoms. The van der Waals surface area contributed by atoms with E-state index in [0.717, 1.165) is 42.2 Å². The summed E-state index contributed by atoms with van der Waals surface area (Å²) in [5, 5.41) is 5.37.